The summed E-state index contributed by atoms with van der Waals surface area (Å²) in [6.45, 7) is 0.0308. The maximum atomic E-state index is 13.0. The number of amides is 2. The molecule has 1 fully saturated rings. The number of piperidine rings is 1. The van der Waals surface area contributed by atoms with Crippen molar-refractivity contribution in [1.29, 1.82) is 0 Å². The van der Waals surface area contributed by atoms with Crippen LogP contribution in [0.2, 0.25) is 0 Å². The van der Waals surface area contributed by atoms with Gasteiger partial charge in [-0.3, -0.25) is 9.59 Å². The molecule has 1 aromatic carbocycles. The van der Waals surface area contributed by atoms with Crippen molar-refractivity contribution in [3.8, 4) is 0 Å². The van der Waals surface area contributed by atoms with Gasteiger partial charge in [0.05, 0.1) is 0 Å². The monoisotopic (exact) mass is 434 g/mol. The Kier molecular flexibility index (Phi) is 7.40. The van der Waals surface area contributed by atoms with Crippen molar-refractivity contribution >= 4 is 29.9 Å². The fourth-order valence-corrected chi connectivity index (χ4v) is 3.80. The largest absolute Gasteiger partial charge is 0.406 e. The first-order chi connectivity index (χ1) is 13.2. The molecular weight excluding hydrogens is 409 g/mol. The zero-order valence-corrected chi connectivity index (χ0v) is 17.0. The van der Waals surface area contributed by atoms with Gasteiger partial charge in [0.15, 0.2) is 0 Å². The van der Waals surface area contributed by atoms with E-state index >= 15 is 0 Å². The number of rotatable bonds is 3. The van der Waals surface area contributed by atoms with Gasteiger partial charge in [-0.1, -0.05) is 18.2 Å². The topological polar surface area (TPSA) is 64.7 Å². The van der Waals surface area contributed by atoms with E-state index in [2.05, 4.69) is 10.6 Å². The van der Waals surface area contributed by atoms with Gasteiger partial charge >= 0.3 is 6.18 Å². The zero-order valence-electron chi connectivity index (χ0n) is 16.2. The number of likely N-dealkylation sites (N-methyl/N-ethyl adjacent to an activating group) is 1. The first kappa shape index (κ1) is 23.3. The van der Waals surface area contributed by atoms with Gasteiger partial charge in [-0.25, -0.2) is 0 Å². The van der Waals surface area contributed by atoms with E-state index in [1.807, 2.05) is 24.3 Å². The minimum Gasteiger partial charge on any atom is -0.379 e. The number of anilines is 1. The van der Waals surface area contributed by atoms with Crippen LogP contribution in [0.15, 0.2) is 24.3 Å². The smallest absolute Gasteiger partial charge is 0.379 e. The van der Waals surface area contributed by atoms with E-state index < -0.39 is 24.2 Å². The molecule has 3 rings (SSSR count). The first-order valence-electron chi connectivity index (χ1n) is 9.33. The van der Waals surface area contributed by atoms with E-state index in [4.69, 9.17) is 0 Å². The van der Waals surface area contributed by atoms with E-state index in [0.29, 0.717) is 4.90 Å². The fourth-order valence-electron chi connectivity index (χ4n) is 3.80. The number of nitrogens with one attached hydrogen (secondary N) is 2. The average molecular weight is 435 g/mol. The Morgan fingerprint density at radius 1 is 1.24 bits per heavy atom. The first-order valence-corrected chi connectivity index (χ1v) is 9.33. The van der Waals surface area contributed by atoms with Crippen LogP contribution in [-0.4, -0.2) is 66.6 Å². The summed E-state index contributed by atoms with van der Waals surface area (Å²) in [5.74, 6) is -0.950. The van der Waals surface area contributed by atoms with Crippen LogP contribution in [-0.2, 0) is 16.1 Å². The van der Waals surface area contributed by atoms with Crippen molar-refractivity contribution in [2.75, 3.05) is 38.5 Å². The molecule has 6 nitrogen and oxygen atoms in total. The summed E-state index contributed by atoms with van der Waals surface area (Å²) < 4.78 is 37.8. The highest BCUT2D eigenvalue weighted by molar-refractivity contribution is 5.86. The number of benzene rings is 1. The molecule has 0 aromatic heterocycles. The van der Waals surface area contributed by atoms with Gasteiger partial charge in [0.25, 0.3) is 0 Å². The Hall–Kier alpha value is -2.00. The fraction of sp³-hybridized carbons (Fsp3) is 0.579. The molecule has 0 radical (unpaired) electrons. The Bertz CT molecular complexity index is 738. The molecule has 2 aliphatic rings. The van der Waals surface area contributed by atoms with Gasteiger partial charge < -0.3 is 20.4 Å². The molecule has 10 heteroatoms. The van der Waals surface area contributed by atoms with Crippen LogP contribution in [0.4, 0.5) is 18.9 Å². The number of hydrogen-bond donors (Lipinski definition) is 2. The second-order valence-corrected chi connectivity index (χ2v) is 7.60. The number of para-hydroxylation sites is 1. The summed E-state index contributed by atoms with van der Waals surface area (Å²) in [6.07, 6.45) is -2.76. The minimum absolute atomic E-state index is 0. The standard InChI is InChI=1S/C19H25F3N4O2.ClH/c1-25(13-19(20,21)22)17(28)12-26-11-14-4-2-3-5-15(14)24-18(10-16(26)27)6-8-23-9-7-18;/h2-5,23-24H,6-13H2,1H3;1H. The molecule has 1 aromatic rings. The normalized spacial score (nSPS) is 18.8. The third-order valence-corrected chi connectivity index (χ3v) is 5.35. The lowest BCUT2D eigenvalue weighted by Gasteiger charge is -2.42. The number of halogens is 4. The molecule has 1 spiro atoms. The molecule has 0 saturated carbocycles. The van der Waals surface area contributed by atoms with Crippen LogP contribution in [0.5, 0.6) is 0 Å². The van der Waals surface area contributed by atoms with E-state index in [1.54, 1.807) is 0 Å². The van der Waals surface area contributed by atoms with Crippen molar-refractivity contribution in [3.05, 3.63) is 29.8 Å². The number of hydrogen-bond acceptors (Lipinski definition) is 4. The van der Waals surface area contributed by atoms with Crippen molar-refractivity contribution in [3.63, 3.8) is 0 Å². The summed E-state index contributed by atoms with van der Waals surface area (Å²) in [5, 5.41) is 6.82. The second-order valence-electron chi connectivity index (χ2n) is 7.60. The van der Waals surface area contributed by atoms with Crippen molar-refractivity contribution < 1.29 is 22.8 Å². The third-order valence-electron chi connectivity index (χ3n) is 5.35. The van der Waals surface area contributed by atoms with Crippen molar-refractivity contribution in [1.82, 2.24) is 15.1 Å². The highest BCUT2D eigenvalue weighted by Crippen LogP contribution is 2.33. The lowest BCUT2D eigenvalue weighted by atomic mass is 9.83. The van der Waals surface area contributed by atoms with Crippen LogP contribution < -0.4 is 10.6 Å². The third kappa shape index (κ3) is 5.99. The summed E-state index contributed by atoms with van der Waals surface area (Å²) in [7, 11) is 1.11. The molecule has 162 valence electrons. The van der Waals surface area contributed by atoms with E-state index in [1.165, 1.54) is 4.90 Å². The van der Waals surface area contributed by atoms with Gasteiger partial charge in [-0.05, 0) is 37.6 Å². The van der Waals surface area contributed by atoms with E-state index in [0.717, 1.165) is 44.2 Å². The van der Waals surface area contributed by atoms with Gasteiger partial charge in [0.2, 0.25) is 11.8 Å². The highest BCUT2D eigenvalue weighted by Gasteiger charge is 2.39. The van der Waals surface area contributed by atoms with Crippen molar-refractivity contribution in [2.45, 2.75) is 37.5 Å². The van der Waals surface area contributed by atoms with E-state index in [9.17, 15) is 22.8 Å². The summed E-state index contributed by atoms with van der Waals surface area (Å²) >= 11 is 0. The molecule has 29 heavy (non-hydrogen) atoms. The molecule has 0 aliphatic carbocycles. The van der Waals surface area contributed by atoms with Gasteiger partial charge in [-0.15, -0.1) is 12.4 Å². The molecule has 0 bridgehead atoms. The van der Waals surface area contributed by atoms with Crippen LogP contribution in [0, 0.1) is 0 Å². The quantitative estimate of drug-likeness (QED) is 0.766. The van der Waals surface area contributed by atoms with Crippen LogP contribution in [0.1, 0.15) is 24.8 Å². The van der Waals surface area contributed by atoms with Crippen LogP contribution in [0.3, 0.4) is 0 Å². The molecule has 2 amide bonds. The highest BCUT2D eigenvalue weighted by atomic mass is 35.5. The maximum absolute atomic E-state index is 13.0. The molecule has 2 N–H and O–H groups in total. The second kappa shape index (κ2) is 9.21. The molecule has 2 aliphatic heterocycles. The Morgan fingerprint density at radius 3 is 2.55 bits per heavy atom. The Morgan fingerprint density at radius 2 is 1.90 bits per heavy atom. The van der Waals surface area contributed by atoms with Crippen molar-refractivity contribution in [2.24, 2.45) is 0 Å². The molecule has 0 unspecified atom stereocenters. The molecule has 2 heterocycles. The predicted octanol–water partition coefficient (Wildman–Crippen LogP) is 2.40. The number of alkyl halides is 3. The van der Waals surface area contributed by atoms with Crippen LogP contribution in [0.25, 0.3) is 0 Å². The lowest BCUT2D eigenvalue weighted by Crippen LogP contribution is -2.53. The van der Waals surface area contributed by atoms with Gasteiger partial charge in [0.1, 0.15) is 13.1 Å². The van der Waals surface area contributed by atoms with Crippen LogP contribution >= 0.6 is 12.4 Å². The lowest BCUT2D eigenvalue weighted by molar-refractivity contribution is -0.160. The average Bonchev–Trinajstić information content (AvgIpc) is 2.60. The van der Waals surface area contributed by atoms with Gasteiger partial charge in [-0.2, -0.15) is 13.2 Å². The number of nitrogens with zero attached hydrogens (tertiary/aromatic N) is 2. The van der Waals surface area contributed by atoms with E-state index in [-0.39, 0.29) is 37.8 Å². The Balaban J connectivity index is 0.00000300. The summed E-state index contributed by atoms with van der Waals surface area (Å²) in [6, 6.07) is 7.55. The molecule has 0 atom stereocenters. The minimum atomic E-state index is -4.47. The SMILES string of the molecule is CN(CC(F)(F)F)C(=O)CN1Cc2ccccc2NC2(CCNCC2)CC1=O.Cl. The number of fused-ring (bicyclic) bond motifs is 1. The molecular formula is C19H26ClF3N4O2. The molecule has 1 saturated heterocycles. The van der Waals surface area contributed by atoms with Gasteiger partial charge in [0, 0.05) is 31.2 Å². The maximum Gasteiger partial charge on any atom is 0.406 e. The summed E-state index contributed by atoms with van der Waals surface area (Å²) in [4.78, 5) is 27.3. The summed E-state index contributed by atoms with van der Waals surface area (Å²) in [5.41, 5.74) is 1.33. The zero-order chi connectivity index (χ0) is 20.4. The Labute approximate surface area is 174 Å². The number of carbonyl (C=O) groups is 2. The number of carbonyl (C=O) groups excluding carboxylic acids is 2. The predicted molar refractivity (Wildman–Crippen MR) is 106 cm³/mol.